The highest BCUT2D eigenvalue weighted by atomic mass is 16.5. The van der Waals surface area contributed by atoms with Crippen LogP contribution in [0.5, 0.6) is 5.75 Å². The number of methoxy groups -OCH3 is 1. The summed E-state index contributed by atoms with van der Waals surface area (Å²) >= 11 is 0. The second-order valence-electron chi connectivity index (χ2n) is 7.46. The number of carbonyl (C=O) groups excluding carboxylic acids is 1. The first-order valence-corrected chi connectivity index (χ1v) is 10.0. The Morgan fingerprint density at radius 2 is 1.93 bits per heavy atom. The van der Waals surface area contributed by atoms with Crippen molar-refractivity contribution >= 4 is 16.9 Å². The predicted octanol–water partition coefficient (Wildman–Crippen LogP) is 4.27. The highest BCUT2D eigenvalue weighted by molar-refractivity contribution is 5.78. The van der Waals surface area contributed by atoms with Crippen molar-refractivity contribution in [3.05, 3.63) is 59.9 Å². The number of nitrogens with zero attached hydrogens (tertiary/aromatic N) is 3. The first kappa shape index (κ1) is 18.5. The summed E-state index contributed by atoms with van der Waals surface area (Å²) in [5.41, 5.74) is 3.27. The maximum atomic E-state index is 13.1. The number of ether oxygens (including phenoxy) is 1. The molecule has 1 aliphatic rings. The Morgan fingerprint density at radius 1 is 1.14 bits per heavy atom. The number of fused-ring (bicyclic) bond motifs is 1. The number of imidazole rings is 1. The van der Waals surface area contributed by atoms with Gasteiger partial charge in [0.05, 0.1) is 24.2 Å². The van der Waals surface area contributed by atoms with Gasteiger partial charge in [-0.05, 0) is 55.5 Å². The zero-order valence-electron chi connectivity index (χ0n) is 16.6. The second kappa shape index (κ2) is 8.05. The van der Waals surface area contributed by atoms with Crippen LogP contribution in [0, 0.1) is 0 Å². The van der Waals surface area contributed by atoms with Crippen LogP contribution in [0.2, 0.25) is 0 Å². The SMILES string of the molecule is COc1ccc(CCC(=O)N2CCCC[C@H]2c2nc3ccccc3n2C)cc1. The fourth-order valence-electron chi connectivity index (χ4n) is 4.15. The summed E-state index contributed by atoms with van der Waals surface area (Å²) in [5.74, 6) is 2.05. The molecule has 1 fully saturated rings. The number of piperidine rings is 1. The quantitative estimate of drug-likeness (QED) is 0.667. The van der Waals surface area contributed by atoms with Crippen LogP contribution in [0.25, 0.3) is 11.0 Å². The molecule has 146 valence electrons. The van der Waals surface area contributed by atoms with E-state index in [9.17, 15) is 4.79 Å². The lowest BCUT2D eigenvalue weighted by molar-refractivity contribution is -0.135. The van der Waals surface area contributed by atoms with Crippen molar-refractivity contribution < 1.29 is 9.53 Å². The Balaban J connectivity index is 1.51. The average Bonchev–Trinajstić information content (AvgIpc) is 3.09. The number of benzene rings is 2. The number of aromatic nitrogens is 2. The van der Waals surface area contributed by atoms with Crippen molar-refractivity contribution in [3.63, 3.8) is 0 Å². The summed E-state index contributed by atoms with van der Waals surface area (Å²) in [6.45, 7) is 0.815. The van der Waals surface area contributed by atoms with Gasteiger partial charge in [0.2, 0.25) is 5.91 Å². The Kier molecular flexibility index (Phi) is 5.33. The third kappa shape index (κ3) is 3.61. The fraction of sp³-hybridized carbons (Fsp3) is 0.391. The maximum absolute atomic E-state index is 13.1. The monoisotopic (exact) mass is 377 g/mol. The number of para-hydroxylation sites is 2. The summed E-state index contributed by atoms with van der Waals surface area (Å²) in [6.07, 6.45) is 4.44. The van der Waals surface area contributed by atoms with Gasteiger partial charge in [-0.2, -0.15) is 0 Å². The van der Waals surface area contributed by atoms with Crippen molar-refractivity contribution in [1.29, 1.82) is 0 Å². The molecule has 0 radical (unpaired) electrons. The average molecular weight is 377 g/mol. The number of hydrogen-bond donors (Lipinski definition) is 0. The Labute approximate surface area is 165 Å². The highest BCUT2D eigenvalue weighted by Gasteiger charge is 2.31. The van der Waals surface area contributed by atoms with Gasteiger partial charge >= 0.3 is 0 Å². The van der Waals surface area contributed by atoms with Crippen molar-refractivity contribution in [1.82, 2.24) is 14.5 Å². The van der Waals surface area contributed by atoms with Crippen LogP contribution in [0.3, 0.4) is 0 Å². The topological polar surface area (TPSA) is 47.4 Å². The standard InChI is InChI=1S/C23H27N3O2/c1-25-20-8-4-3-7-19(20)24-23(25)21-9-5-6-16-26(21)22(27)15-12-17-10-13-18(28-2)14-11-17/h3-4,7-8,10-11,13-14,21H,5-6,9,12,15-16H2,1-2H3/t21-/m0/s1. The molecule has 1 amide bonds. The molecular formula is C23H27N3O2. The van der Waals surface area contributed by atoms with E-state index in [0.717, 1.165) is 60.4 Å². The van der Waals surface area contributed by atoms with Gasteiger partial charge < -0.3 is 14.2 Å². The summed E-state index contributed by atoms with van der Waals surface area (Å²) in [4.78, 5) is 20.0. The number of hydrogen-bond acceptors (Lipinski definition) is 3. The van der Waals surface area contributed by atoms with E-state index >= 15 is 0 Å². The molecule has 5 nitrogen and oxygen atoms in total. The molecule has 0 aliphatic carbocycles. The van der Waals surface area contributed by atoms with Gasteiger partial charge in [-0.3, -0.25) is 4.79 Å². The molecule has 0 bridgehead atoms. The Hall–Kier alpha value is -2.82. The normalized spacial score (nSPS) is 17.1. The molecule has 1 saturated heterocycles. The van der Waals surface area contributed by atoms with Crippen molar-refractivity contribution in [2.75, 3.05) is 13.7 Å². The van der Waals surface area contributed by atoms with E-state index in [-0.39, 0.29) is 11.9 Å². The zero-order valence-corrected chi connectivity index (χ0v) is 16.6. The lowest BCUT2D eigenvalue weighted by Crippen LogP contribution is -2.39. The number of likely N-dealkylation sites (tertiary alicyclic amines) is 1. The van der Waals surface area contributed by atoms with E-state index < -0.39 is 0 Å². The van der Waals surface area contributed by atoms with Crippen molar-refractivity contribution in [3.8, 4) is 5.75 Å². The van der Waals surface area contributed by atoms with Crippen LogP contribution in [0.1, 0.15) is 43.1 Å². The third-order valence-electron chi connectivity index (χ3n) is 5.73. The molecule has 1 atom stereocenters. The number of carbonyl (C=O) groups is 1. The molecule has 2 aromatic carbocycles. The molecule has 3 aromatic rings. The van der Waals surface area contributed by atoms with Gasteiger partial charge in [-0.15, -0.1) is 0 Å². The molecule has 0 unspecified atom stereocenters. The molecule has 1 aromatic heterocycles. The van der Waals surface area contributed by atoms with Crippen LogP contribution in [-0.2, 0) is 18.3 Å². The van der Waals surface area contributed by atoms with Gasteiger partial charge in [-0.1, -0.05) is 24.3 Å². The van der Waals surface area contributed by atoms with E-state index in [2.05, 4.69) is 17.7 Å². The van der Waals surface area contributed by atoms with Crippen LogP contribution in [0.4, 0.5) is 0 Å². The minimum absolute atomic E-state index is 0.0644. The molecule has 0 saturated carbocycles. The maximum Gasteiger partial charge on any atom is 0.223 e. The molecule has 28 heavy (non-hydrogen) atoms. The highest BCUT2D eigenvalue weighted by Crippen LogP contribution is 2.32. The van der Waals surface area contributed by atoms with E-state index in [4.69, 9.17) is 9.72 Å². The Bertz CT molecular complexity index is 962. The lowest BCUT2D eigenvalue weighted by Gasteiger charge is -2.35. The minimum atomic E-state index is 0.0644. The number of aryl methyl sites for hydroxylation is 2. The molecule has 0 spiro atoms. The van der Waals surface area contributed by atoms with Crippen molar-refractivity contribution in [2.24, 2.45) is 7.05 Å². The first-order valence-electron chi connectivity index (χ1n) is 10.0. The fourth-order valence-corrected chi connectivity index (χ4v) is 4.15. The van der Waals surface area contributed by atoms with Gasteiger partial charge in [-0.25, -0.2) is 4.98 Å². The van der Waals surface area contributed by atoms with Gasteiger partial charge in [0.25, 0.3) is 0 Å². The molecule has 4 rings (SSSR count). The van der Waals surface area contributed by atoms with Crippen LogP contribution in [0.15, 0.2) is 48.5 Å². The van der Waals surface area contributed by atoms with Crippen molar-refractivity contribution in [2.45, 2.75) is 38.1 Å². The molecule has 0 N–H and O–H groups in total. The van der Waals surface area contributed by atoms with E-state index in [1.54, 1.807) is 7.11 Å². The first-order chi connectivity index (χ1) is 13.7. The number of amides is 1. The lowest BCUT2D eigenvalue weighted by atomic mass is 10.00. The molecule has 1 aliphatic heterocycles. The van der Waals surface area contributed by atoms with Crippen LogP contribution >= 0.6 is 0 Å². The van der Waals surface area contributed by atoms with E-state index in [0.29, 0.717) is 6.42 Å². The summed E-state index contributed by atoms with van der Waals surface area (Å²) in [6, 6.07) is 16.2. The molecule has 2 heterocycles. The largest absolute Gasteiger partial charge is 0.497 e. The van der Waals surface area contributed by atoms with Crippen LogP contribution in [-0.4, -0.2) is 34.0 Å². The Morgan fingerprint density at radius 3 is 2.68 bits per heavy atom. The van der Waals surface area contributed by atoms with Gasteiger partial charge in [0.15, 0.2) is 0 Å². The predicted molar refractivity (Wildman–Crippen MR) is 110 cm³/mol. The third-order valence-corrected chi connectivity index (χ3v) is 5.73. The smallest absolute Gasteiger partial charge is 0.223 e. The van der Waals surface area contributed by atoms with Crippen LogP contribution < -0.4 is 4.74 Å². The van der Waals surface area contributed by atoms with E-state index in [1.807, 2.05) is 47.4 Å². The zero-order chi connectivity index (χ0) is 19.5. The second-order valence-corrected chi connectivity index (χ2v) is 7.46. The summed E-state index contributed by atoms with van der Waals surface area (Å²) < 4.78 is 7.35. The number of rotatable bonds is 5. The van der Waals surface area contributed by atoms with Gasteiger partial charge in [0.1, 0.15) is 11.6 Å². The summed E-state index contributed by atoms with van der Waals surface area (Å²) in [7, 11) is 3.72. The summed E-state index contributed by atoms with van der Waals surface area (Å²) in [5, 5.41) is 0. The molecule has 5 heteroatoms. The van der Waals surface area contributed by atoms with E-state index in [1.165, 1.54) is 0 Å². The molecular weight excluding hydrogens is 350 g/mol. The van der Waals surface area contributed by atoms with Gasteiger partial charge in [0, 0.05) is 20.0 Å². The minimum Gasteiger partial charge on any atom is -0.497 e.